The van der Waals surface area contributed by atoms with E-state index in [0.717, 1.165) is 10.6 Å². The molecule has 2 aromatic rings. The Morgan fingerprint density at radius 1 is 1.36 bits per heavy atom. The zero-order valence-electron chi connectivity index (χ0n) is 14.5. The third-order valence-electron chi connectivity index (χ3n) is 3.08. The number of ether oxygens (including phenoxy) is 1. The van der Waals surface area contributed by atoms with Crippen LogP contribution in [-0.2, 0) is 14.8 Å². The lowest BCUT2D eigenvalue weighted by Crippen LogP contribution is -2.37. The fourth-order valence-corrected chi connectivity index (χ4v) is 2.86. The summed E-state index contributed by atoms with van der Waals surface area (Å²) >= 11 is 0. The number of hydrogen-bond donors (Lipinski definition) is 1. The highest BCUT2D eigenvalue weighted by atomic mass is 32.2. The van der Waals surface area contributed by atoms with Crippen molar-refractivity contribution in [3.05, 3.63) is 36.1 Å². The molecule has 1 heterocycles. The lowest BCUT2D eigenvalue weighted by Gasteiger charge is -2.19. The number of nitrogens with one attached hydrogen (secondary N) is 1. The molecule has 0 bridgehead atoms. The minimum absolute atomic E-state index is 0.0573. The van der Waals surface area contributed by atoms with Crippen LogP contribution in [0.15, 0.2) is 34.9 Å². The van der Waals surface area contributed by atoms with Gasteiger partial charge in [-0.2, -0.15) is 0 Å². The molecular weight excluding hydrogens is 346 g/mol. The van der Waals surface area contributed by atoms with Crippen LogP contribution in [0.2, 0.25) is 0 Å². The van der Waals surface area contributed by atoms with E-state index in [1.807, 2.05) is 13.8 Å². The lowest BCUT2D eigenvalue weighted by molar-refractivity contribution is -0.114. The molecule has 1 aromatic heterocycles. The van der Waals surface area contributed by atoms with E-state index < -0.39 is 22.5 Å². The molecule has 1 N–H and O–H groups in total. The summed E-state index contributed by atoms with van der Waals surface area (Å²) in [6, 6.07) is 8.39. The van der Waals surface area contributed by atoms with Crippen molar-refractivity contribution in [1.82, 2.24) is 5.16 Å². The molecule has 0 saturated heterocycles. The second-order valence-electron chi connectivity index (χ2n) is 5.78. The van der Waals surface area contributed by atoms with Crippen LogP contribution in [0.25, 0.3) is 0 Å². The maximum Gasteiger partial charge on any atom is 0.245 e. The molecule has 0 spiro atoms. The molecule has 0 aliphatic carbocycles. The smallest absolute Gasteiger partial charge is 0.245 e. The summed E-state index contributed by atoms with van der Waals surface area (Å²) in [5, 5.41) is 6.33. The molecule has 0 fully saturated rings. The molecule has 0 saturated carbocycles. The molecule has 25 heavy (non-hydrogen) atoms. The van der Waals surface area contributed by atoms with Crippen LogP contribution in [0.5, 0.6) is 5.75 Å². The molecule has 0 aliphatic heterocycles. The number of carbonyl (C=O) groups excluding carboxylic acids is 1. The first-order valence-electron chi connectivity index (χ1n) is 7.63. The monoisotopic (exact) mass is 367 g/mol. The highest BCUT2D eigenvalue weighted by Gasteiger charge is 2.24. The number of sulfonamides is 1. The summed E-state index contributed by atoms with van der Waals surface area (Å²) in [7, 11) is -3.70. The molecule has 8 nitrogen and oxygen atoms in total. The Hall–Kier alpha value is -2.55. The SMILES string of the molecule is Cc1cc(N(CC(=O)Nc2ccccc2OC(C)C)S(C)(=O)=O)no1. The average molecular weight is 367 g/mol. The minimum Gasteiger partial charge on any atom is -0.489 e. The number of nitrogens with zero attached hydrogens (tertiary/aromatic N) is 2. The van der Waals surface area contributed by atoms with Crippen LogP contribution < -0.4 is 14.4 Å². The van der Waals surface area contributed by atoms with Crippen molar-refractivity contribution >= 4 is 27.4 Å². The molecule has 2 rings (SSSR count). The molecule has 0 unspecified atom stereocenters. The summed E-state index contributed by atoms with van der Waals surface area (Å²) in [5.74, 6) is 0.488. The van der Waals surface area contributed by atoms with Gasteiger partial charge in [0.2, 0.25) is 15.9 Å². The Morgan fingerprint density at radius 2 is 2.04 bits per heavy atom. The first-order chi connectivity index (χ1) is 11.7. The Labute approximate surface area is 146 Å². The second-order valence-corrected chi connectivity index (χ2v) is 7.68. The van der Waals surface area contributed by atoms with Crippen molar-refractivity contribution in [2.24, 2.45) is 0 Å². The molecule has 136 valence electrons. The Morgan fingerprint density at radius 3 is 2.60 bits per heavy atom. The first-order valence-corrected chi connectivity index (χ1v) is 9.48. The van der Waals surface area contributed by atoms with E-state index in [1.165, 1.54) is 6.07 Å². The van der Waals surface area contributed by atoms with Crippen LogP contribution in [0.1, 0.15) is 19.6 Å². The van der Waals surface area contributed by atoms with Gasteiger partial charge >= 0.3 is 0 Å². The number of anilines is 2. The zero-order valence-corrected chi connectivity index (χ0v) is 15.3. The largest absolute Gasteiger partial charge is 0.489 e. The quantitative estimate of drug-likeness (QED) is 0.805. The summed E-state index contributed by atoms with van der Waals surface area (Å²) in [4.78, 5) is 12.4. The maximum atomic E-state index is 12.4. The number of hydrogen-bond acceptors (Lipinski definition) is 6. The standard InChI is InChI=1S/C16H21N3O5S/c1-11(2)23-14-8-6-5-7-13(14)17-16(20)10-19(25(4,21)22)15-9-12(3)24-18-15/h5-9,11H,10H2,1-4H3,(H,17,20). The van der Waals surface area contributed by atoms with E-state index >= 15 is 0 Å². The van der Waals surface area contributed by atoms with Crippen LogP contribution in [0.3, 0.4) is 0 Å². The fourth-order valence-electron chi connectivity index (χ4n) is 2.09. The molecule has 0 atom stereocenters. The maximum absolute atomic E-state index is 12.4. The van der Waals surface area contributed by atoms with Gasteiger partial charge in [-0.25, -0.2) is 12.7 Å². The van der Waals surface area contributed by atoms with Crippen molar-refractivity contribution in [3.8, 4) is 5.75 Å². The lowest BCUT2D eigenvalue weighted by atomic mass is 10.3. The Kier molecular flexibility index (Phi) is 5.68. The highest BCUT2D eigenvalue weighted by molar-refractivity contribution is 7.92. The van der Waals surface area contributed by atoms with Crippen molar-refractivity contribution < 1.29 is 22.5 Å². The zero-order chi connectivity index (χ0) is 18.6. The van der Waals surface area contributed by atoms with Gasteiger partial charge < -0.3 is 14.6 Å². The summed E-state index contributed by atoms with van der Waals surface area (Å²) in [5.41, 5.74) is 0.464. The van der Waals surface area contributed by atoms with Gasteiger partial charge in [0, 0.05) is 6.07 Å². The fraction of sp³-hybridized carbons (Fsp3) is 0.375. The van der Waals surface area contributed by atoms with Crippen molar-refractivity contribution in [3.63, 3.8) is 0 Å². The third kappa shape index (κ3) is 5.21. The Bertz CT molecular complexity index is 845. The molecule has 9 heteroatoms. The number of rotatable bonds is 7. The van der Waals surface area contributed by atoms with Crippen LogP contribution in [0, 0.1) is 6.92 Å². The van der Waals surface area contributed by atoms with Gasteiger partial charge in [0.25, 0.3) is 0 Å². The number of para-hydroxylation sites is 2. The molecule has 1 amide bonds. The third-order valence-corrected chi connectivity index (χ3v) is 4.20. The number of benzene rings is 1. The molecule has 1 aromatic carbocycles. The molecule has 0 radical (unpaired) electrons. The summed E-state index contributed by atoms with van der Waals surface area (Å²) in [6.07, 6.45) is 0.934. The van der Waals surface area contributed by atoms with Gasteiger partial charge in [-0.05, 0) is 32.9 Å². The van der Waals surface area contributed by atoms with E-state index in [4.69, 9.17) is 9.26 Å². The molecular formula is C16H21N3O5S. The Balaban J connectivity index is 2.18. The predicted molar refractivity (Wildman–Crippen MR) is 94.3 cm³/mol. The normalized spacial score (nSPS) is 11.4. The van der Waals surface area contributed by atoms with E-state index in [1.54, 1.807) is 31.2 Å². The van der Waals surface area contributed by atoms with Gasteiger partial charge in [-0.3, -0.25) is 4.79 Å². The number of carbonyl (C=O) groups is 1. The van der Waals surface area contributed by atoms with E-state index in [0.29, 0.717) is 17.2 Å². The van der Waals surface area contributed by atoms with Gasteiger partial charge in [0.15, 0.2) is 5.82 Å². The van der Waals surface area contributed by atoms with E-state index in [2.05, 4.69) is 10.5 Å². The van der Waals surface area contributed by atoms with Gasteiger partial charge in [0.05, 0.1) is 18.0 Å². The van der Waals surface area contributed by atoms with Crippen LogP contribution >= 0.6 is 0 Å². The summed E-state index contributed by atoms with van der Waals surface area (Å²) in [6.45, 7) is 4.95. The summed E-state index contributed by atoms with van der Waals surface area (Å²) < 4.78 is 35.4. The average Bonchev–Trinajstić information content (AvgIpc) is 2.91. The van der Waals surface area contributed by atoms with Gasteiger partial charge in [-0.15, -0.1) is 0 Å². The highest BCUT2D eigenvalue weighted by Crippen LogP contribution is 2.25. The van der Waals surface area contributed by atoms with Crippen LogP contribution in [0.4, 0.5) is 11.5 Å². The van der Waals surface area contributed by atoms with Crippen molar-refractivity contribution in [1.29, 1.82) is 0 Å². The first kappa shape index (κ1) is 18.8. The number of aryl methyl sites for hydroxylation is 1. The van der Waals surface area contributed by atoms with Gasteiger partial charge in [-0.1, -0.05) is 17.3 Å². The number of aromatic nitrogens is 1. The minimum atomic E-state index is -3.70. The van der Waals surface area contributed by atoms with E-state index in [9.17, 15) is 13.2 Å². The van der Waals surface area contributed by atoms with E-state index in [-0.39, 0.29) is 11.9 Å². The van der Waals surface area contributed by atoms with Crippen molar-refractivity contribution in [2.75, 3.05) is 22.4 Å². The predicted octanol–water partition coefficient (Wildman–Crippen LogP) is 2.17. The van der Waals surface area contributed by atoms with Crippen LogP contribution in [-0.4, -0.2) is 38.4 Å². The number of amides is 1. The van der Waals surface area contributed by atoms with Gasteiger partial charge in [0.1, 0.15) is 18.1 Å². The second kappa shape index (κ2) is 7.56. The molecule has 0 aliphatic rings. The topological polar surface area (TPSA) is 102 Å². The van der Waals surface area contributed by atoms with Crippen molar-refractivity contribution in [2.45, 2.75) is 26.9 Å².